The van der Waals surface area contributed by atoms with Gasteiger partial charge in [-0.2, -0.15) is 5.10 Å². The Labute approximate surface area is 188 Å². The number of amides is 1. The number of aromatic nitrogens is 2. The molecule has 1 aliphatic heterocycles. The van der Waals surface area contributed by atoms with Crippen LogP contribution in [0.2, 0.25) is 0 Å². The van der Waals surface area contributed by atoms with Crippen molar-refractivity contribution in [1.82, 2.24) is 9.78 Å². The molecule has 1 saturated heterocycles. The minimum atomic E-state index is -0.430. The van der Waals surface area contributed by atoms with Crippen molar-refractivity contribution in [3.63, 3.8) is 0 Å². The zero-order valence-electron chi connectivity index (χ0n) is 18.7. The molecule has 0 radical (unpaired) electrons. The molecule has 7 heteroatoms. The Morgan fingerprint density at radius 2 is 1.81 bits per heavy atom. The highest BCUT2D eigenvalue weighted by Gasteiger charge is 2.20. The molecule has 0 spiro atoms. The molecule has 4 rings (SSSR count). The lowest BCUT2D eigenvalue weighted by Crippen LogP contribution is -2.21. The lowest BCUT2D eigenvalue weighted by molar-refractivity contribution is 0.0600. The Hall–Kier alpha value is -3.61. The molecule has 32 heavy (non-hydrogen) atoms. The van der Waals surface area contributed by atoms with Gasteiger partial charge in [-0.15, -0.1) is 0 Å². The number of esters is 1. The maximum Gasteiger partial charge on any atom is 0.337 e. The zero-order valence-corrected chi connectivity index (χ0v) is 18.7. The molecule has 1 N–H and O–H groups in total. The van der Waals surface area contributed by atoms with Crippen molar-refractivity contribution in [1.29, 1.82) is 0 Å². The normalized spacial score (nSPS) is 13.3. The van der Waals surface area contributed by atoms with Crippen LogP contribution in [-0.4, -0.2) is 41.9 Å². The fourth-order valence-electron chi connectivity index (χ4n) is 4.13. The van der Waals surface area contributed by atoms with Crippen molar-refractivity contribution in [2.45, 2.75) is 33.2 Å². The Balaban J connectivity index is 1.59. The van der Waals surface area contributed by atoms with Crippen molar-refractivity contribution in [3.8, 4) is 0 Å². The van der Waals surface area contributed by atoms with E-state index in [2.05, 4.69) is 15.3 Å². The van der Waals surface area contributed by atoms with E-state index in [1.54, 1.807) is 18.2 Å². The average molecular weight is 433 g/mol. The van der Waals surface area contributed by atoms with E-state index in [0.29, 0.717) is 23.4 Å². The zero-order chi connectivity index (χ0) is 22.7. The van der Waals surface area contributed by atoms with Gasteiger partial charge in [0.1, 0.15) is 0 Å². The first-order valence-corrected chi connectivity index (χ1v) is 10.8. The maximum absolute atomic E-state index is 13.1. The molecule has 0 aliphatic carbocycles. The molecule has 3 aromatic rings. The van der Waals surface area contributed by atoms with Crippen LogP contribution < -0.4 is 10.2 Å². The Morgan fingerprint density at radius 1 is 1.03 bits per heavy atom. The highest BCUT2D eigenvalue weighted by Crippen LogP contribution is 2.31. The topological polar surface area (TPSA) is 76.5 Å². The minimum Gasteiger partial charge on any atom is -0.465 e. The summed E-state index contributed by atoms with van der Waals surface area (Å²) in [5.74, 6) is -0.650. The summed E-state index contributed by atoms with van der Waals surface area (Å²) in [6.07, 6.45) is 2.22. The molecule has 7 nitrogen and oxygen atoms in total. The molecule has 0 bridgehead atoms. The highest BCUT2D eigenvalue weighted by molar-refractivity contribution is 6.07. The third kappa shape index (κ3) is 4.66. The second kappa shape index (κ2) is 9.26. The predicted molar refractivity (Wildman–Crippen MR) is 124 cm³/mol. The van der Waals surface area contributed by atoms with E-state index in [1.165, 1.54) is 7.11 Å². The summed E-state index contributed by atoms with van der Waals surface area (Å²) in [4.78, 5) is 27.4. The number of nitrogens with one attached hydrogen (secondary N) is 1. The minimum absolute atomic E-state index is 0.220. The van der Waals surface area contributed by atoms with Crippen LogP contribution in [0.5, 0.6) is 0 Å². The summed E-state index contributed by atoms with van der Waals surface area (Å²) in [5, 5.41) is 7.52. The molecular weight excluding hydrogens is 404 g/mol. The third-order valence-corrected chi connectivity index (χ3v) is 5.74. The summed E-state index contributed by atoms with van der Waals surface area (Å²) in [6.45, 7) is 6.44. The van der Waals surface area contributed by atoms with Gasteiger partial charge in [0.15, 0.2) is 0 Å². The van der Waals surface area contributed by atoms with Gasteiger partial charge in [-0.05, 0) is 68.7 Å². The van der Waals surface area contributed by atoms with Crippen LogP contribution >= 0.6 is 0 Å². The molecule has 0 atom stereocenters. The first-order valence-electron chi connectivity index (χ1n) is 10.8. The number of rotatable bonds is 6. The van der Waals surface area contributed by atoms with Crippen molar-refractivity contribution in [2.75, 3.05) is 30.4 Å². The Bertz CT molecular complexity index is 1150. The van der Waals surface area contributed by atoms with Gasteiger partial charge in [0.2, 0.25) is 0 Å². The lowest BCUT2D eigenvalue weighted by Gasteiger charge is -2.22. The van der Waals surface area contributed by atoms with Crippen LogP contribution in [0.25, 0.3) is 0 Å². The molecule has 1 aromatic heterocycles. The van der Waals surface area contributed by atoms with Crippen molar-refractivity contribution >= 4 is 23.3 Å². The molecule has 2 aromatic carbocycles. The number of carbonyl (C=O) groups excluding carboxylic acids is 2. The van der Waals surface area contributed by atoms with Crippen molar-refractivity contribution in [2.24, 2.45) is 0 Å². The largest absolute Gasteiger partial charge is 0.465 e. The predicted octanol–water partition coefficient (Wildman–Crippen LogP) is 4.19. The molecule has 1 aliphatic rings. The molecule has 2 heterocycles. The Kier molecular flexibility index (Phi) is 6.25. The summed E-state index contributed by atoms with van der Waals surface area (Å²) in [7, 11) is 1.35. The summed E-state index contributed by atoms with van der Waals surface area (Å²) >= 11 is 0. The van der Waals surface area contributed by atoms with E-state index in [9.17, 15) is 9.59 Å². The van der Waals surface area contributed by atoms with Gasteiger partial charge < -0.3 is 15.0 Å². The monoisotopic (exact) mass is 432 g/mol. The second-order valence-corrected chi connectivity index (χ2v) is 8.16. The quantitative estimate of drug-likeness (QED) is 0.591. The number of nitrogens with zero attached hydrogens (tertiary/aromatic N) is 3. The highest BCUT2D eigenvalue weighted by atomic mass is 16.5. The van der Waals surface area contributed by atoms with Gasteiger partial charge in [-0.25, -0.2) is 4.79 Å². The molecule has 166 valence electrons. The fraction of sp³-hybridized carbons (Fsp3) is 0.320. The van der Waals surface area contributed by atoms with Crippen LogP contribution in [0, 0.1) is 13.8 Å². The van der Waals surface area contributed by atoms with Crippen molar-refractivity contribution in [3.05, 3.63) is 76.6 Å². The van der Waals surface area contributed by atoms with Gasteiger partial charge in [-0.3, -0.25) is 9.48 Å². The molecule has 0 unspecified atom stereocenters. The number of ether oxygens (including phenoxy) is 1. The van der Waals surface area contributed by atoms with Crippen LogP contribution in [0.1, 0.15) is 50.5 Å². The second-order valence-electron chi connectivity index (χ2n) is 8.16. The number of aryl methyl sites for hydroxylation is 2. The van der Waals surface area contributed by atoms with Gasteiger partial charge >= 0.3 is 5.97 Å². The first kappa shape index (κ1) is 21.6. The number of methoxy groups -OCH3 is 1. The first-order chi connectivity index (χ1) is 15.4. The number of carbonyl (C=O) groups is 2. The van der Waals surface area contributed by atoms with Crippen LogP contribution in [-0.2, 0) is 11.3 Å². The van der Waals surface area contributed by atoms with Crippen LogP contribution in [0.4, 0.5) is 11.4 Å². The lowest BCUT2D eigenvalue weighted by atomic mass is 10.1. The SMILES string of the molecule is COC(=O)c1ccc(N2CCCC2)c(NC(=O)c2cccc(Cn3nc(C)cc3C)c2)c1. The standard InChI is InChI=1S/C25H28N4O3/c1-17-13-18(2)29(27-17)16-19-7-6-8-20(14-19)24(30)26-22-15-21(25(31)32-3)9-10-23(22)28-11-4-5-12-28/h6-10,13-15H,4-5,11-12,16H2,1-3H3,(H,26,30). The fourth-order valence-corrected chi connectivity index (χ4v) is 4.13. The van der Waals surface area contributed by atoms with E-state index in [4.69, 9.17) is 4.74 Å². The number of hydrogen-bond donors (Lipinski definition) is 1. The van der Waals surface area contributed by atoms with E-state index in [0.717, 1.165) is 48.6 Å². The number of benzene rings is 2. The van der Waals surface area contributed by atoms with Gasteiger partial charge in [0, 0.05) is 24.3 Å². The summed E-state index contributed by atoms with van der Waals surface area (Å²) in [5.41, 5.74) is 5.53. The molecule has 0 saturated carbocycles. The Morgan fingerprint density at radius 3 is 2.50 bits per heavy atom. The average Bonchev–Trinajstić information content (AvgIpc) is 3.43. The van der Waals surface area contributed by atoms with Gasteiger partial charge in [-0.1, -0.05) is 12.1 Å². The summed E-state index contributed by atoms with van der Waals surface area (Å²) in [6, 6.07) is 14.9. The van der Waals surface area contributed by atoms with Crippen LogP contribution in [0.3, 0.4) is 0 Å². The third-order valence-electron chi connectivity index (χ3n) is 5.74. The van der Waals surface area contributed by atoms with E-state index >= 15 is 0 Å². The maximum atomic E-state index is 13.1. The van der Waals surface area contributed by atoms with Crippen molar-refractivity contribution < 1.29 is 14.3 Å². The number of anilines is 2. The van der Waals surface area contributed by atoms with Gasteiger partial charge in [0.05, 0.1) is 36.3 Å². The number of hydrogen-bond acceptors (Lipinski definition) is 5. The molecular formula is C25H28N4O3. The van der Waals surface area contributed by atoms with E-state index in [-0.39, 0.29) is 5.91 Å². The van der Waals surface area contributed by atoms with Crippen LogP contribution in [0.15, 0.2) is 48.5 Å². The smallest absolute Gasteiger partial charge is 0.337 e. The van der Waals surface area contributed by atoms with E-state index < -0.39 is 5.97 Å². The molecule has 1 amide bonds. The molecule has 1 fully saturated rings. The summed E-state index contributed by atoms with van der Waals surface area (Å²) < 4.78 is 6.78. The van der Waals surface area contributed by atoms with Gasteiger partial charge in [0.25, 0.3) is 5.91 Å². The van der Waals surface area contributed by atoms with E-state index in [1.807, 2.05) is 48.9 Å².